The highest BCUT2D eigenvalue weighted by atomic mass is 16.7. The van der Waals surface area contributed by atoms with E-state index in [0.717, 1.165) is 6.07 Å². The van der Waals surface area contributed by atoms with Crippen LogP contribution in [0.2, 0.25) is 0 Å². The molecule has 1 fully saturated rings. The molecule has 216 valence electrons. The lowest BCUT2D eigenvalue weighted by atomic mass is 9.96. The van der Waals surface area contributed by atoms with Gasteiger partial charge in [-0.3, -0.25) is 19.6 Å². The van der Waals surface area contributed by atoms with Gasteiger partial charge in [0.25, 0.3) is 0 Å². The van der Waals surface area contributed by atoms with Gasteiger partial charge in [-0.1, -0.05) is 27.7 Å². The Labute approximate surface area is 227 Å². The molecule has 40 heavy (non-hydrogen) atoms. The first-order valence-corrected chi connectivity index (χ1v) is 12.5. The lowest BCUT2D eigenvalue weighted by Crippen LogP contribution is -2.48. The van der Waals surface area contributed by atoms with Crippen LogP contribution in [-0.2, 0) is 28.5 Å². The molecule has 0 spiro atoms. The standard InChI is InChI=1S/C25H31N5O10/c1-10(2)21(33)37-9-38-23(35)12-6-14(32)29-19-16-15(12)18(26)30(20(16)28-8-27-19)24-25(5,36)17(13(7-31)39-24)40-22(34)11(3)4/h6,8,10-11,13,17,24,26,31-32,36H,7,9H2,1-5H3,(H,27,28,29). The van der Waals surface area contributed by atoms with Gasteiger partial charge in [0.1, 0.15) is 28.5 Å². The van der Waals surface area contributed by atoms with Gasteiger partial charge < -0.3 is 39.3 Å². The third kappa shape index (κ3) is 4.98. The predicted molar refractivity (Wildman–Crippen MR) is 134 cm³/mol. The van der Waals surface area contributed by atoms with Crippen LogP contribution in [0.25, 0.3) is 22.1 Å². The number of aromatic amines is 1. The topological polar surface area (TPSA) is 219 Å². The summed E-state index contributed by atoms with van der Waals surface area (Å²) in [5.74, 6) is -3.84. The van der Waals surface area contributed by atoms with Crippen molar-refractivity contribution in [3.63, 3.8) is 0 Å². The number of carbonyl (C=O) groups excluding carboxylic acids is 3. The number of aliphatic hydroxyl groups is 2. The molecule has 1 saturated heterocycles. The van der Waals surface area contributed by atoms with E-state index >= 15 is 0 Å². The van der Waals surface area contributed by atoms with E-state index in [2.05, 4.69) is 15.0 Å². The van der Waals surface area contributed by atoms with Crippen molar-refractivity contribution in [3.8, 4) is 5.88 Å². The highest BCUT2D eigenvalue weighted by Gasteiger charge is 2.56. The SMILES string of the molecule is CC(C)C(=O)OCOC(=O)c1cc(O)nc2[nH]cnc3c2c1c(=N)n3C1OC(CO)C(OC(=O)C(C)C)C1(C)O. The average Bonchev–Trinajstić information content (AvgIpc) is 3.23. The fourth-order valence-corrected chi connectivity index (χ4v) is 4.44. The number of hydrogen-bond donors (Lipinski definition) is 5. The van der Waals surface area contributed by atoms with Gasteiger partial charge in [0.15, 0.2) is 12.3 Å². The van der Waals surface area contributed by atoms with Gasteiger partial charge in [-0.15, -0.1) is 0 Å². The molecular formula is C25H31N5O10. The van der Waals surface area contributed by atoms with Crippen LogP contribution in [0, 0.1) is 17.2 Å². The number of nitrogens with one attached hydrogen (secondary N) is 2. The van der Waals surface area contributed by atoms with Crippen molar-refractivity contribution < 1.29 is 48.7 Å². The summed E-state index contributed by atoms with van der Waals surface area (Å²) < 4.78 is 22.6. The maximum atomic E-state index is 13.1. The molecule has 1 aliphatic heterocycles. The number of carbonyl (C=O) groups is 3. The van der Waals surface area contributed by atoms with Gasteiger partial charge in [-0.05, 0) is 6.92 Å². The fraction of sp³-hybridized carbons (Fsp3) is 0.520. The van der Waals surface area contributed by atoms with Crippen LogP contribution in [0.1, 0.15) is 51.2 Å². The van der Waals surface area contributed by atoms with Crippen LogP contribution < -0.4 is 5.49 Å². The van der Waals surface area contributed by atoms with Crippen molar-refractivity contribution in [1.29, 1.82) is 5.41 Å². The van der Waals surface area contributed by atoms with Crippen LogP contribution in [0.4, 0.5) is 0 Å². The summed E-state index contributed by atoms with van der Waals surface area (Å²) in [7, 11) is 0. The molecule has 0 aromatic carbocycles. The second-order valence-corrected chi connectivity index (χ2v) is 10.2. The highest BCUT2D eigenvalue weighted by molar-refractivity contribution is 6.13. The third-order valence-corrected chi connectivity index (χ3v) is 6.50. The van der Waals surface area contributed by atoms with E-state index < -0.39 is 78.5 Å². The normalized spacial score (nSPS) is 22.8. The third-order valence-electron chi connectivity index (χ3n) is 6.50. The van der Waals surface area contributed by atoms with Crippen LogP contribution in [0.3, 0.4) is 0 Å². The van der Waals surface area contributed by atoms with E-state index in [9.17, 15) is 29.7 Å². The molecule has 4 heterocycles. The van der Waals surface area contributed by atoms with E-state index in [-0.39, 0.29) is 27.6 Å². The molecule has 0 amide bonds. The highest BCUT2D eigenvalue weighted by Crippen LogP contribution is 2.41. The van der Waals surface area contributed by atoms with Crippen molar-refractivity contribution in [1.82, 2.24) is 19.5 Å². The zero-order chi connectivity index (χ0) is 29.5. The van der Waals surface area contributed by atoms with Crippen LogP contribution in [-0.4, -0.2) is 84.0 Å². The monoisotopic (exact) mass is 561 g/mol. The Kier molecular flexibility index (Phi) is 7.83. The van der Waals surface area contributed by atoms with Gasteiger partial charge in [-0.2, -0.15) is 4.98 Å². The average molecular weight is 562 g/mol. The van der Waals surface area contributed by atoms with Gasteiger partial charge in [-0.25, -0.2) is 9.78 Å². The maximum Gasteiger partial charge on any atom is 0.341 e. The number of esters is 3. The summed E-state index contributed by atoms with van der Waals surface area (Å²) in [6.45, 7) is 6.44. The molecular weight excluding hydrogens is 530 g/mol. The molecule has 15 nitrogen and oxygen atoms in total. The molecule has 0 saturated carbocycles. The Morgan fingerprint density at radius 2 is 1.85 bits per heavy atom. The number of hydrogen-bond acceptors (Lipinski definition) is 13. The Morgan fingerprint density at radius 3 is 2.48 bits per heavy atom. The van der Waals surface area contributed by atoms with Gasteiger partial charge >= 0.3 is 17.9 Å². The van der Waals surface area contributed by atoms with E-state index in [4.69, 9.17) is 24.4 Å². The second kappa shape index (κ2) is 10.8. The molecule has 5 N–H and O–H groups in total. The minimum Gasteiger partial charge on any atom is -0.493 e. The summed E-state index contributed by atoms with van der Waals surface area (Å²) in [5, 5.41) is 40.9. The number of aliphatic hydroxyl groups excluding tert-OH is 1. The lowest BCUT2D eigenvalue weighted by Gasteiger charge is -2.30. The fourth-order valence-electron chi connectivity index (χ4n) is 4.44. The summed E-state index contributed by atoms with van der Waals surface area (Å²) in [5.41, 5.74) is -2.61. The predicted octanol–water partition coefficient (Wildman–Crippen LogP) is 0.620. The minimum atomic E-state index is -1.97. The number of aromatic hydroxyl groups is 1. The van der Waals surface area contributed by atoms with E-state index in [1.807, 2.05) is 0 Å². The van der Waals surface area contributed by atoms with Crippen molar-refractivity contribution in [3.05, 3.63) is 23.4 Å². The van der Waals surface area contributed by atoms with Crippen LogP contribution in [0.15, 0.2) is 12.4 Å². The van der Waals surface area contributed by atoms with Crippen molar-refractivity contribution >= 4 is 40.0 Å². The summed E-state index contributed by atoms with van der Waals surface area (Å²) in [4.78, 5) is 48.3. The summed E-state index contributed by atoms with van der Waals surface area (Å²) in [6.07, 6.45) is -2.64. The maximum absolute atomic E-state index is 13.1. The Hall–Kier alpha value is -4.08. The summed E-state index contributed by atoms with van der Waals surface area (Å²) in [6, 6.07) is 0.981. The Balaban J connectivity index is 1.86. The quantitative estimate of drug-likeness (QED) is 0.189. The van der Waals surface area contributed by atoms with Crippen LogP contribution >= 0.6 is 0 Å². The number of rotatable bonds is 8. The zero-order valence-corrected chi connectivity index (χ0v) is 22.5. The Morgan fingerprint density at radius 1 is 1.18 bits per heavy atom. The lowest BCUT2D eigenvalue weighted by molar-refractivity contribution is -0.167. The van der Waals surface area contributed by atoms with Crippen molar-refractivity contribution in [2.24, 2.45) is 11.8 Å². The van der Waals surface area contributed by atoms with Crippen molar-refractivity contribution in [2.75, 3.05) is 13.4 Å². The van der Waals surface area contributed by atoms with Gasteiger partial charge in [0.2, 0.25) is 12.7 Å². The first-order chi connectivity index (χ1) is 18.8. The molecule has 0 bridgehead atoms. The second-order valence-electron chi connectivity index (χ2n) is 10.2. The number of aromatic nitrogens is 4. The molecule has 0 radical (unpaired) electrons. The molecule has 0 aliphatic carbocycles. The molecule has 4 atom stereocenters. The first-order valence-electron chi connectivity index (χ1n) is 12.5. The molecule has 1 aliphatic rings. The van der Waals surface area contributed by atoms with E-state index in [1.54, 1.807) is 27.7 Å². The largest absolute Gasteiger partial charge is 0.493 e. The smallest absolute Gasteiger partial charge is 0.341 e. The minimum absolute atomic E-state index is 0.0231. The molecule has 3 aromatic rings. The number of H-pyrrole nitrogens is 1. The number of ether oxygens (including phenoxy) is 4. The molecule has 4 rings (SSSR count). The van der Waals surface area contributed by atoms with Gasteiger partial charge in [0, 0.05) is 11.5 Å². The zero-order valence-electron chi connectivity index (χ0n) is 22.5. The first kappa shape index (κ1) is 28.9. The number of nitrogens with zero attached hydrogens (tertiary/aromatic N) is 3. The van der Waals surface area contributed by atoms with Gasteiger partial charge in [0.05, 0.1) is 35.7 Å². The molecule has 15 heteroatoms. The van der Waals surface area contributed by atoms with Crippen molar-refractivity contribution in [2.45, 2.75) is 58.7 Å². The van der Waals surface area contributed by atoms with Crippen LogP contribution in [0.5, 0.6) is 5.88 Å². The molecule has 4 unspecified atom stereocenters. The molecule has 3 aromatic heterocycles. The van der Waals surface area contributed by atoms with E-state index in [1.165, 1.54) is 17.8 Å². The van der Waals surface area contributed by atoms with E-state index in [0.29, 0.717) is 0 Å². The summed E-state index contributed by atoms with van der Waals surface area (Å²) >= 11 is 0. The Bertz CT molecular complexity index is 1530.